The fourth-order valence-electron chi connectivity index (χ4n) is 5.79. The number of hydrogen-bond acceptors (Lipinski definition) is 3. The molecule has 2 bridgehead atoms. The van der Waals surface area contributed by atoms with Gasteiger partial charge in [-0.15, -0.1) is 0 Å². The van der Waals surface area contributed by atoms with E-state index in [0.717, 1.165) is 23.7 Å². The van der Waals surface area contributed by atoms with Crippen molar-refractivity contribution in [2.24, 2.45) is 15.9 Å². The topological polar surface area (TPSA) is 50.5 Å². The molecule has 1 atom stereocenters. The SMILES string of the molecule is O=C(N1N=CCC1c1cc(F)ccc1F)C12CC(Cn3ncc4c(F)cccc43)(C1)C2. The summed E-state index contributed by atoms with van der Waals surface area (Å²) < 4.78 is 43.7. The van der Waals surface area contributed by atoms with E-state index in [1.54, 1.807) is 12.3 Å². The molecular formula is C23H19F3N4O. The third-order valence-electron chi connectivity index (χ3n) is 7.07. The first-order valence-electron chi connectivity index (χ1n) is 10.3. The van der Waals surface area contributed by atoms with Gasteiger partial charge in [0.2, 0.25) is 5.91 Å². The van der Waals surface area contributed by atoms with Gasteiger partial charge >= 0.3 is 0 Å². The van der Waals surface area contributed by atoms with Gasteiger partial charge in [0.15, 0.2) is 0 Å². The second-order valence-corrected chi connectivity index (χ2v) is 9.15. The highest BCUT2D eigenvalue weighted by molar-refractivity contribution is 5.88. The Hall–Kier alpha value is -3.16. The van der Waals surface area contributed by atoms with Crippen LogP contribution in [0.15, 0.2) is 47.7 Å². The maximum absolute atomic E-state index is 14.3. The average Bonchev–Trinajstić information content (AvgIpc) is 3.33. The lowest BCUT2D eigenvalue weighted by molar-refractivity contribution is -0.223. The molecule has 1 unspecified atom stereocenters. The van der Waals surface area contributed by atoms with E-state index >= 15 is 0 Å². The highest BCUT2D eigenvalue weighted by atomic mass is 19.1. The number of hydrogen-bond donors (Lipinski definition) is 0. The lowest BCUT2D eigenvalue weighted by Crippen LogP contribution is -2.68. The van der Waals surface area contributed by atoms with E-state index in [0.29, 0.717) is 37.6 Å². The molecular weight excluding hydrogens is 405 g/mol. The highest BCUT2D eigenvalue weighted by Crippen LogP contribution is 2.74. The van der Waals surface area contributed by atoms with Crippen molar-refractivity contribution in [1.82, 2.24) is 14.8 Å². The first kappa shape index (κ1) is 18.6. The maximum atomic E-state index is 14.3. The van der Waals surface area contributed by atoms with Crippen molar-refractivity contribution in [3.8, 4) is 0 Å². The third-order valence-corrected chi connectivity index (χ3v) is 7.07. The van der Waals surface area contributed by atoms with E-state index in [9.17, 15) is 18.0 Å². The number of aromatic nitrogens is 2. The van der Waals surface area contributed by atoms with E-state index in [4.69, 9.17) is 0 Å². The number of fused-ring (bicyclic) bond motifs is 1. The van der Waals surface area contributed by atoms with Gasteiger partial charge in [0.05, 0.1) is 28.6 Å². The highest BCUT2D eigenvalue weighted by Gasteiger charge is 2.72. The summed E-state index contributed by atoms with van der Waals surface area (Å²) in [7, 11) is 0. The van der Waals surface area contributed by atoms with E-state index in [2.05, 4.69) is 10.2 Å². The predicted octanol–water partition coefficient (Wildman–Crippen LogP) is 4.58. The fraction of sp³-hybridized carbons (Fsp3) is 0.348. The van der Waals surface area contributed by atoms with Gasteiger partial charge in [-0.1, -0.05) is 6.07 Å². The number of carbonyl (C=O) groups is 1. The van der Waals surface area contributed by atoms with Crippen molar-refractivity contribution in [2.75, 3.05) is 0 Å². The summed E-state index contributed by atoms with van der Waals surface area (Å²) in [5.74, 6) is -1.51. The number of amides is 1. The summed E-state index contributed by atoms with van der Waals surface area (Å²) >= 11 is 0. The zero-order valence-electron chi connectivity index (χ0n) is 16.6. The largest absolute Gasteiger partial charge is 0.272 e. The number of carbonyl (C=O) groups excluding carboxylic acids is 1. The summed E-state index contributed by atoms with van der Waals surface area (Å²) in [5.41, 5.74) is 0.357. The van der Waals surface area contributed by atoms with Gasteiger partial charge in [-0.25, -0.2) is 18.2 Å². The minimum Gasteiger partial charge on any atom is -0.272 e. The Morgan fingerprint density at radius 1 is 1.10 bits per heavy atom. The molecule has 31 heavy (non-hydrogen) atoms. The van der Waals surface area contributed by atoms with E-state index in [1.165, 1.54) is 17.3 Å². The molecule has 3 fully saturated rings. The van der Waals surface area contributed by atoms with Gasteiger partial charge in [-0.3, -0.25) is 9.48 Å². The van der Waals surface area contributed by atoms with Gasteiger partial charge in [0.1, 0.15) is 17.5 Å². The van der Waals surface area contributed by atoms with Gasteiger partial charge in [0, 0.05) is 24.7 Å². The van der Waals surface area contributed by atoms with Gasteiger partial charge in [-0.05, 0) is 55.0 Å². The van der Waals surface area contributed by atoms with E-state index in [-0.39, 0.29) is 22.7 Å². The lowest BCUT2D eigenvalue weighted by atomic mass is 9.34. The quantitative estimate of drug-likeness (QED) is 0.616. The first-order chi connectivity index (χ1) is 14.9. The Morgan fingerprint density at radius 2 is 1.90 bits per heavy atom. The molecule has 0 spiro atoms. The molecule has 0 N–H and O–H groups in total. The number of benzene rings is 2. The molecule has 158 valence electrons. The summed E-state index contributed by atoms with van der Waals surface area (Å²) in [6, 6.07) is 7.59. The minimum absolute atomic E-state index is 0.0377. The zero-order chi connectivity index (χ0) is 21.4. The van der Waals surface area contributed by atoms with Crippen LogP contribution in [0.4, 0.5) is 13.2 Å². The molecule has 1 aliphatic heterocycles. The maximum Gasteiger partial charge on any atom is 0.249 e. The van der Waals surface area contributed by atoms with E-state index < -0.39 is 23.1 Å². The summed E-state index contributed by atoms with van der Waals surface area (Å²) in [4.78, 5) is 13.3. The molecule has 2 aromatic carbocycles. The second kappa shape index (κ2) is 6.18. The van der Waals surface area contributed by atoms with Crippen molar-refractivity contribution >= 4 is 23.0 Å². The van der Waals surface area contributed by atoms with Crippen molar-refractivity contribution in [3.05, 3.63) is 65.6 Å². The van der Waals surface area contributed by atoms with Crippen LogP contribution in [-0.4, -0.2) is 26.9 Å². The molecule has 3 saturated carbocycles. The van der Waals surface area contributed by atoms with Gasteiger partial charge < -0.3 is 0 Å². The molecule has 1 amide bonds. The van der Waals surface area contributed by atoms with Crippen LogP contribution in [0.3, 0.4) is 0 Å². The van der Waals surface area contributed by atoms with Gasteiger partial charge in [-0.2, -0.15) is 10.2 Å². The molecule has 7 rings (SSSR count). The molecule has 2 heterocycles. The van der Waals surface area contributed by atoms with Crippen LogP contribution in [0.5, 0.6) is 0 Å². The van der Waals surface area contributed by atoms with Crippen LogP contribution in [0.1, 0.15) is 37.3 Å². The molecule has 1 aromatic heterocycles. The minimum atomic E-state index is -0.619. The molecule has 5 nitrogen and oxygen atoms in total. The normalized spacial score (nSPS) is 28.6. The molecule has 0 saturated heterocycles. The summed E-state index contributed by atoms with van der Waals surface area (Å²) in [6.45, 7) is 0.625. The Labute approximate surface area is 176 Å². The average molecular weight is 424 g/mol. The Bertz CT molecular complexity index is 1250. The Morgan fingerprint density at radius 3 is 2.71 bits per heavy atom. The molecule has 8 heteroatoms. The fourth-order valence-corrected chi connectivity index (χ4v) is 5.79. The van der Waals surface area contributed by atoms with Crippen LogP contribution in [0.2, 0.25) is 0 Å². The van der Waals surface area contributed by atoms with Crippen molar-refractivity contribution in [1.29, 1.82) is 0 Å². The second-order valence-electron chi connectivity index (χ2n) is 9.15. The smallest absolute Gasteiger partial charge is 0.249 e. The Balaban J connectivity index is 1.19. The third kappa shape index (κ3) is 2.60. The molecule has 0 radical (unpaired) electrons. The standard InChI is InChI=1S/C23H19F3N4O/c24-14-4-5-18(26)15(8-14)20-6-7-27-30(20)21(31)23-10-22(11-23,12-23)13-29-19-3-1-2-17(25)16(19)9-28-29/h1-5,7-9,20H,6,10-13H2. The van der Waals surface area contributed by atoms with Crippen molar-refractivity contribution in [2.45, 2.75) is 38.3 Å². The summed E-state index contributed by atoms with van der Waals surface area (Å²) in [6.07, 6.45) is 5.56. The first-order valence-corrected chi connectivity index (χ1v) is 10.3. The number of hydrazone groups is 1. The molecule has 4 aliphatic rings. The number of nitrogens with zero attached hydrogens (tertiary/aromatic N) is 4. The van der Waals surface area contributed by atoms with E-state index in [1.807, 2.05) is 10.7 Å². The number of rotatable bonds is 4. The van der Waals surface area contributed by atoms with Crippen molar-refractivity contribution < 1.29 is 18.0 Å². The van der Waals surface area contributed by atoms with Crippen LogP contribution in [-0.2, 0) is 11.3 Å². The monoisotopic (exact) mass is 424 g/mol. The van der Waals surface area contributed by atoms with Crippen LogP contribution in [0.25, 0.3) is 10.9 Å². The summed E-state index contributed by atoms with van der Waals surface area (Å²) in [5, 5.41) is 10.4. The molecule has 3 aromatic rings. The van der Waals surface area contributed by atoms with Crippen LogP contribution < -0.4 is 0 Å². The zero-order valence-corrected chi connectivity index (χ0v) is 16.6. The Kier molecular flexibility index (Phi) is 3.71. The predicted molar refractivity (Wildman–Crippen MR) is 107 cm³/mol. The van der Waals surface area contributed by atoms with Gasteiger partial charge in [0.25, 0.3) is 0 Å². The van der Waals surface area contributed by atoms with Crippen LogP contribution in [0, 0.1) is 28.3 Å². The lowest BCUT2D eigenvalue weighted by Gasteiger charge is -2.69. The number of halogens is 3. The van der Waals surface area contributed by atoms with Crippen molar-refractivity contribution in [3.63, 3.8) is 0 Å². The van der Waals surface area contributed by atoms with Crippen LogP contribution >= 0.6 is 0 Å². The molecule has 3 aliphatic carbocycles.